The smallest absolute Gasteiger partial charge is 0.383 e. The molecule has 1 aliphatic heterocycles. The van der Waals surface area contributed by atoms with E-state index in [1.54, 1.807) is 36.7 Å². The van der Waals surface area contributed by atoms with Crippen molar-refractivity contribution in [3.05, 3.63) is 107 Å². The second-order valence-electron chi connectivity index (χ2n) is 11.7. The number of rotatable bonds is 8. The average molecular weight is 660 g/mol. The Morgan fingerprint density at radius 3 is 2.51 bits per heavy atom. The summed E-state index contributed by atoms with van der Waals surface area (Å²) in [5.74, 6) is 1.60. The molecule has 6 heterocycles. The van der Waals surface area contributed by atoms with E-state index < -0.39 is 11.7 Å². The molecule has 0 atom stereocenters. The molecule has 49 heavy (non-hydrogen) atoms. The van der Waals surface area contributed by atoms with Gasteiger partial charge in [-0.3, -0.25) is 14.3 Å². The van der Waals surface area contributed by atoms with E-state index in [0.29, 0.717) is 34.1 Å². The number of nitrogens with one attached hydrogen (secondary N) is 1. The van der Waals surface area contributed by atoms with Crippen molar-refractivity contribution in [2.75, 3.05) is 24.1 Å². The molecule has 15 heteroatoms. The Balaban J connectivity index is 1.16. The minimum atomic E-state index is -3.88. The summed E-state index contributed by atoms with van der Waals surface area (Å²) in [6.45, 7) is 2.54. The Bertz CT molecular complexity index is 2250. The van der Waals surface area contributed by atoms with E-state index in [1.165, 1.54) is 6.07 Å². The number of benzene rings is 1. The molecule has 0 unspecified atom stereocenters. The number of hydrogen-bond donors (Lipinski definition) is 4. The second-order valence-corrected chi connectivity index (χ2v) is 11.7. The van der Waals surface area contributed by atoms with Crippen molar-refractivity contribution in [2.24, 2.45) is 0 Å². The fraction of sp³-hybridized carbons (Fsp3) is 0.206. The molecular weight excluding hydrogens is 629 g/mol. The van der Waals surface area contributed by atoms with E-state index in [4.69, 9.17) is 21.0 Å². The monoisotopic (exact) mass is 659 g/mol. The van der Waals surface area contributed by atoms with Crippen molar-refractivity contribution in [1.29, 1.82) is 5.26 Å². The molecule has 6 aromatic rings. The predicted octanol–water partition coefficient (Wildman–Crippen LogP) is 3.15. The second kappa shape index (κ2) is 12.8. The minimum Gasteiger partial charge on any atom is -0.383 e. The number of fused-ring (bicyclic) bond motifs is 1. The summed E-state index contributed by atoms with van der Waals surface area (Å²) in [6.07, 6.45) is 2.14. The number of hydrogen-bond acceptors (Lipinski definition) is 12. The van der Waals surface area contributed by atoms with E-state index in [9.17, 15) is 19.4 Å². The molecule has 7 rings (SSSR count). The van der Waals surface area contributed by atoms with E-state index >= 15 is 0 Å². The highest BCUT2D eigenvalue weighted by Crippen LogP contribution is 2.32. The Labute approximate surface area is 278 Å². The van der Waals surface area contributed by atoms with Crippen LogP contribution in [-0.4, -0.2) is 68.3 Å². The summed E-state index contributed by atoms with van der Waals surface area (Å²) >= 11 is 0. The molecule has 5 aromatic heterocycles. The zero-order valence-corrected chi connectivity index (χ0v) is 26.0. The van der Waals surface area contributed by atoms with Gasteiger partial charge in [0.15, 0.2) is 11.5 Å². The number of imidazole rings is 1. The molecule has 1 aromatic carbocycles. The maximum absolute atomic E-state index is 13.9. The molecule has 246 valence electrons. The average Bonchev–Trinajstić information content (AvgIpc) is 3.48. The van der Waals surface area contributed by atoms with Gasteiger partial charge in [0, 0.05) is 61.6 Å². The van der Waals surface area contributed by atoms with Crippen LogP contribution in [0, 0.1) is 11.3 Å². The molecule has 14 nitrogen and oxygen atoms in total. The lowest BCUT2D eigenvalue weighted by Gasteiger charge is -2.32. The lowest BCUT2D eigenvalue weighted by atomic mass is 10.0. The van der Waals surface area contributed by atoms with Gasteiger partial charge in [-0.15, -0.1) is 0 Å². The molecule has 0 radical (unpaired) electrons. The summed E-state index contributed by atoms with van der Waals surface area (Å²) in [7, 11) is 0. The summed E-state index contributed by atoms with van der Waals surface area (Å²) in [6, 6.07) is 21.5. The van der Waals surface area contributed by atoms with Crippen molar-refractivity contribution < 1.29 is 14.6 Å². The number of piperidine rings is 1. The number of alkyl halides is 1. The highest BCUT2D eigenvalue weighted by molar-refractivity contribution is 5.84. The number of nitrogens with two attached hydrogens (primary N) is 1. The van der Waals surface area contributed by atoms with Gasteiger partial charge in [-0.2, -0.15) is 9.65 Å². The lowest BCUT2D eigenvalue weighted by molar-refractivity contribution is -0.326. The highest BCUT2D eigenvalue weighted by atomic mass is 19.2. The van der Waals surface area contributed by atoms with Crippen LogP contribution in [0.15, 0.2) is 90.1 Å². The third kappa shape index (κ3) is 6.56. The number of aliphatic hydroxyl groups is 2. The van der Waals surface area contributed by atoms with Gasteiger partial charge in [0.25, 0.3) is 5.56 Å². The molecule has 1 saturated heterocycles. The van der Waals surface area contributed by atoms with Crippen LogP contribution in [0.1, 0.15) is 24.2 Å². The molecule has 5 N–H and O–H groups in total. The highest BCUT2D eigenvalue weighted by Gasteiger charge is 2.26. The number of halogens is 1. The van der Waals surface area contributed by atoms with Crippen molar-refractivity contribution in [1.82, 2.24) is 39.0 Å². The minimum absolute atomic E-state index is 0.143. The molecule has 0 bridgehead atoms. The van der Waals surface area contributed by atoms with Crippen molar-refractivity contribution in [3.63, 3.8) is 0 Å². The fourth-order valence-electron chi connectivity index (χ4n) is 5.96. The van der Waals surface area contributed by atoms with Crippen molar-refractivity contribution in [2.45, 2.75) is 31.6 Å². The van der Waals surface area contributed by atoms with Crippen LogP contribution in [0.5, 0.6) is 0 Å². The first-order valence-electron chi connectivity index (χ1n) is 15.5. The van der Waals surface area contributed by atoms with E-state index in [0.717, 1.165) is 56.0 Å². The number of nitriles is 1. The van der Waals surface area contributed by atoms with E-state index in [1.807, 2.05) is 28.8 Å². The van der Waals surface area contributed by atoms with E-state index in [-0.39, 0.29) is 27.8 Å². The molecule has 0 saturated carbocycles. The number of nitrogen functional groups attached to an aromatic ring is 1. The molecule has 1 aliphatic rings. The maximum Gasteiger partial charge on any atom is 0.414 e. The lowest BCUT2D eigenvalue weighted by Crippen LogP contribution is -2.38. The van der Waals surface area contributed by atoms with Gasteiger partial charge in [0.2, 0.25) is 5.82 Å². The maximum atomic E-state index is 13.9. The first-order chi connectivity index (χ1) is 23.7. The quantitative estimate of drug-likeness (QED) is 0.175. The van der Waals surface area contributed by atoms with Gasteiger partial charge in [-0.25, -0.2) is 29.5 Å². The predicted molar refractivity (Wildman–Crippen MR) is 178 cm³/mol. The van der Waals surface area contributed by atoms with Crippen LogP contribution in [-0.2, 0) is 12.7 Å². The molecular formula is C34H30FN11O3. The van der Waals surface area contributed by atoms with Gasteiger partial charge in [-0.1, -0.05) is 12.1 Å². The summed E-state index contributed by atoms with van der Waals surface area (Å²) < 4.78 is 16.0. The van der Waals surface area contributed by atoms with Crippen LogP contribution in [0.4, 0.5) is 16.0 Å². The summed E-state index contributed by atoms with van der Waals surface area (Å²) in [5.41, 5.74) is 9.46. The van der Waals surface area contributed by atoms with Crippen LogP contribution in [0.3, 0.4) is 0 Å². The first kappa shape index (κ1) is 31.5. The molecule has 0 spiro atoms. The third-order valence-corrected chi connectivity index (χ3v) is 8.39. The Kier molecular flexibility index (Phi) is 8.26. The summed E-state index contributed by atoms with van der Waals surface area (Å²) in [4.78, 5) is 36.5. The molecule has 1 fully saturated rings. The Hall–Kier alpha value is -6.08. The fourth-order valence-corrected chi connectivity index (χ4v) is 5.96. The van der Waals surface area contributed by atoms with Gasteiger partial charge in [0.05, 0.1) is 11.3 Å². The molecule has 0 aliphatic carbocycles. The summed E-state index contributed by atoms with van der Waals surface area (Å²) in [5, 5.41) is 31.4. The Morgan fingerprint density at radius 2 is 1.78 bits per heavy atom. The largest absolute Gasteiger partial charge is 0.414 e. The SMILES string of the molecule is N#Cc1nccc(NC2CCN(Cc3ccc(-n4c(-c5cccnc5N)nc5ccc(-c6ccc(=O)n(C(O)(O)F)c6)nc54)cc3)CC2)n1. The van der Waals surface area contributed by atoms with Crippen LogP contribution in [0.2, 0.25) is 0 Å². The molecule has 0 amide bonds. The number of likely N-dealkylation sites (tertiary alicyclic amines) is 1. The zero-order chi connectivity index (χ0) is 34.1. The van der Waals surface area contributed by atoms with Crippen LogP contribution >= 0.6 is 0 Å². The zero-order valence-electron chi connectivity index (χ0n) is 26.0. The third-order valence-electron chi connectivity index (χ3n) is 8.39. The normalized spacial score (nSPS) is 14.2. The van der Waals surface area contributed by atoms with E-state index in [2.05, 4.69) is 37.3 Å². The topological polar surface area (TPSA) is 197 Å². The van der Waals surface area contributed by atoms with Gasteiger partial charge >= 0.3 is 6.16 Å². The van der Waals surface area contributed by atoms with Gasteiger partial charge in [-0.05, 0) is 66.9 Å². The Morgan fingerprint density at radius 1 is 0.980 bits per heavy atom. The standard InChI is InChI=1S/C34H30FN11O3/c35-34(48,49)45-20-22(5-10-30(45)47)26-8-9-27-33(41-26)46(32(42-27)25-2-1-14-39-31(25)37)24-6-3-21(4-7-24)19-44-16-12-23(13-17-44)40-28-11-15-38-29(18-36)43-28/h1-11,14-15,20,23,48-49H,12-13,16-17,19H2,(H2,37,39)(H,38,40,43). The number of anilines is 2. The van der Waals surface area contributed by atoms with Crippen LogP contribution < -0.4 is 16.6 Å². The van der Waals surface area contributed by atoms with Crippen molar-refractivity contribution in [3.8, 4) is 34.4 Å². The van der Waals surface area contributed by atoms with Gasteiger partial charge < -0.3 is 21.3 Å². The van der Waals surface area contributed by atoms with Crippen LogP contribution in [0.25, 0.3) is 39.5 Å². The number of nitrogens with zero attached hydrogens (tertiary/aromatic N) is 9. The number of pyridine rings is 3. The van der Waals surface area contributed by atoms with Gasteiger partial charge in [0.1, 0.15) is 23.2 Å². The van der Waals surface area contributed by atoms with Crippen molar-refractivity contribution >= 4 is 22.8 Å². The number of aromatic nitrogens is 7. The first-order valence-corrected chi connectivity index (χ1v) is 15.5.